The normalized spacial score (nSPS) is 12.0. The third-order valence-electron chi connectivity index (χ3n) is 3.63. The van der Waals surface area contributed by atoms with E-state index in [0.717, 1.165) is 22.3 Å². The van der Waals surface area contributed by atoms with Gasteiger partial charge in [0.25, 0.3) is 0 Å². The lowest BCUT2D eigenvalue weighted by Gasteiger charge is -2.12. The van der Waals surface area contributed by atoms with Crippen molar-refractivity contribution in [2.24, 2.45) is 4.99 Å². The third-order valence-corrected chi connectivity index (χ3v) is 4.48. The van der Waals surface area contributed by atoms with E-state index in [1.165, 1.54) is 0 Å². The molecule has 1 heterocycles. The number of alkyl halides is 3. The standard InChI is InChI=1S/C17H21F3N4O2S/c1-21-16(23-9-15-24-14(10-27-15)17(18,19)20)22-7-6-11-4-5-12(25-2)13(8-11)26-3/h4-5,8,10H,6-7,9H2,1-3H3,(H2,21,22,23). The van der Waals surface area contributed by atoms with Gasteiger partial charge in [0.1, 0.15) is 5.01 Å². The smallest absolute Gasteiger partial charge is 0.434 e. The number of halogens is 3. The van der Waals surface area contributed by atoms with E-state index >= 15 is 0 Å². The van der Waals surface area contributed by atoms with Crippen LogP contribution in [0.25, 0.3) is 0 Å². The van der Waals surface area contributed by atoms with Gasteiger partial charge in [-0.15, -0.1) is 11.3 Å². The molecule has 0 aliphatic carbocycles. The lowest BCUT2D eigenvalue weighted by atomic mass is 10.1. The summed E-state index contributed by atoms with van der Waals surface area (Å²) in [6, 6.07) is 5.67. The summed E-state index contributed by atoms with van der Waals surface area (Å²) in [4.78, 5) is 7.63. The van der Waals surface area contributed by atoms with Crippen molar-refractivity contribution in [2.75, 3.05) is 27.8 Å². The molecule has 0 aliphatic heterocycles. The fourth-order valence-electron chi connectivity index (χ4n) is 2.26. The van der Waals surface area contributed by atoms with E-state index in [9.17, 15) is 13.2 Å². The summed E-state index contributed by atoms with van der Waals surface area (Å²) < 4.78 is 48.2. The molecule has 0 saturated carbocycles. The number of guanidine groups is 1. The van der Waals surface area contributed by atoms with Crippen LogP contribution >= 0.6 is 11.3 Å². The maximum absolute atomic E-state index is 12.6. The first-order chi connectivity index (χ1) is 12.9. The Labute approximate surface area is 159 Å². The van der Waals surface area contributed by atoms with Crippen molar-refractivity contribution in [1.29, 1.82) is 0 Å². The summed E-state index contributed by atoms with van der Waals surface area (Å²) in [6.07, 6.45) is -3.72. The van der Waals surface area contributed by atoms with Crippen molar-refractivity contribution in [3.8, 4) is 11.5 Å². The van der Waals surface area contributed by atoms with Gasteiger partial charge >= 0.3 is 6.18 Å². The quantitative estimate of drug-likeness (QED) is 0.550. The van der Waals surface area contributed by atoms with Crippen LogP contribution in [0.1, 0.15) is 16.3 Å². The van der Waals surface area contributed by atoms with Gasteiger partial charge in [0.2, 0.25) is 0 Å². The van der Waals surface area contributed by atoms with E-state index in [-0.39, 0.29) is 6.54 Å². The van der Waals surface area contributed by atoms with Crippen molar-refractivity contribution in [1.82, 2.24) is 15.6 Å². The van der Waals surface area contributed by atoms with Gasteiger partial charge in [-0.3, -0.25) is 4.99 Å². The highest BCUT2D eigenvalue weighted by Crippen LogP contribution is 2.30. The van der Waals surface area contributed by atoms with Gasteiger partial charge in [0.05, 0.1) is 20.8 Å². The zero-order valence-corrected chi connectivity index (χ0v) is 16.0. The van der Waals surface area contributed by atoms with Crippen LogP contribution in [0.2, 0.25) is 0 Å². The Morgan fingerprint density at radius 2 is 1.93 bits per heavy atom. The van der Waals surface area contributed by atoms with Crippen molar-refractivity contribution < 1.29 is 22.6 Å². The number of thiazole rings is 1. The lowest BCUT2D eigenvalue weighted by molar-refractivity contribution is -0.140. The summed E-state index contributed by atoms with van der Waals surface area (Å²) >= 11 is 0.955. The predicted octanol–water partition coefficient (Wildman–Crippen LogP) is 3.09. The molecule has 1 aromatic carbocycles. The van der Waals surface area contributed by atoms with Gasteiger partial charge in [-0.1, -0.05) is 6.07 Å². The van der Waals surface area contributed by atoms with Crippen molar-refractivity contribution in [3.63, 3.8) is 0 Å². The van der Waals surface area contributed by atoms with E-state index < -0.39 is 11.9 Å². The van der Waals surface area contributed by atoms with Gasteiger partial charge in [-0.05, 0) is 24.1 Å². The number of hydrogen-bond acceptors (Lipinski definition) is 5. The number of benzene rings is 1. The number of nitrogens with zero attached hydrogens (tertiary/aromatic N) is 2. The zero-order chi connectivity index (χ0) is 19.9. The maximum Gasteiger partial charge on any atom is 0.434 e. The predicted molar refractivity (Wildman–Crippen MR) is 98.6 cm³/mol. The molecule has 0 atom stereocenters. The van der Waals surface area contributed by atoms with Crippen molar-refractivity contribution in [2.45, 2.75) is 19.1 Å². The fourth-order valence-corrected chi connectivity index (χ4v) is 3.00. The van der Waals surface area contributed by atoms with E-state index in [2.05, 4.69) is 20.6 Å². The summed E-state index contributed by atoms with van der Waals surface area (Å²) in [7, 11) is 4.75. The molecular weight excluding hydrogens is 381 g/mol. The molecular formula is C17H21F3N4O2S. The van der Waals surface area contributed by atoms with Crippen LogP contribution in [0.5, 0.6) is 11.5 Å². The SMILES string of the molecule is CN=C(NCCc1ccc(OC)c(OC)c1)NCc1nc(C(F)(F)F)cs1. The van der Waals surface area contributed by atoms with Crippen LogP contribution in [0.4, 0.5) is 13.2 Å². The highest BCUT2D eigenvalue weighted by atomic mass is 32.1. The molecule has 2 rings (SSSR count). The summed E-state index contributed by atoms with van der Waals surface area (Å²) in [6.45, 7) is 0.748. The average Bonchev–Trinajstić information content (AvgIpc) is 3.13. The van der Waals surface area contributed by atoms with E-state index in [1.54, 1.807) is 21.3 Å². The summed E-state index contributed by atoms with van der Waals surface area (Å²) in [5, 5.41) is 7.41. The minimum absolute atomic E-state index is 0.163. The van der Waals surface area contributed by atoms with Gasteiger partial charge < -0.3 is 20.1 Å². The topological polar surface area (TPSA) is 67.8 Å². The molecule has 27 heavy (non-hydrogen) atoms. The number of hydrogen-bond donors (Lipinski definition) is 2. The number of methoxy groups -OCH3 is 2. The van der Waals surface area contributed by atoms with E-state index in [0.29, 0.717) is 35.4 Å². The Balaban J connectivity index is 1.83. The number of nitrogens with one attached hydrogen (secondary N) is 2. The first kappa shape index (κ1) is 20.8. The van der Waals surface area contributed by atoms with Gasteiger partial charge in [0, 0.05) is 19.0 Å². The van der Waals surface area contributed by atoms with Crippen LogP contribution < -0.4 is 20.1 Å². The molecule has 0 amide bonds. The number of rotatable bonds is 7. The summed E-state index contributed by atoms with van der Waals surface area (Å²) in [5.41, 5.74) is 0.172. The minimum Gasteiger partial charge on any atom is -0.493 e. The number of aromatic nitrogens is 1. The Morgan fingerprint density at radius 1 is 1.19 bits per heavy atom. The second kappa shape index (κ2) is 9.45. The maximum atomic E-state index is 12.6. The largest absolute Gasteiger partial charge is 0.493 e. The Kier molecular flexibility index (Phi) is 7.28. The molecule has 0 spiro atoms. The molecule has 0 unspecified atom stereocenters. The van der Waals surface area contributed by atoms with Crippen LogP contribution in [0.15, 0.2) is 28.6 Å². The van der Waals surface area contributed by atoms with E-state index in [1.807, 2.05) is 18.2 Å². The van der Waals surface area contributed by atoms with Gasteiger partial charge in [-0.25, -0.2) is 4.98 Å². The van der Waals surface area contributed by atoms with Crippen LogP contribution in [-0.4, -0.2) is 38.8 Å². The highest BCUT2D eigenvalue weighted by molar-refractivity contribution is 7.09. The van der Waals surface area contributed by atoms with Crippen LogP contribution in [0, 0.1) is 0 Å². The Hall–Kier alpha value is -2.49. The van der Waals surface area contributed by atoms with Crippen molar-refractivity contribution in [3.05, 3.63) is 39.8 Å². The molecule has 2 aromatic rings. The highest BCUT2D eigenvalue weighted by Gasteiger charge is 2.33. The molecule has 2 N–H and O–H groups in total. The first-order valence-corrected chi connectivity index (χ1v) is 8.92. The zero-order valence-electron chi connectivity index (χ0n) is 15.2. The minimum atomic E-state index is -4.42. The monoisotopic (exact) mass is 402 g/mol. The Bertz CT molecular complexity index is 778. The summed E-state index contributed by atoms with van der Waals surface area (Å²) in [5.74, 6) is 1.80. The van der Waals surface area contributed by atoms with E-state index in [4.69, 9.17) is 9.47 Å². The molecule has 0 bridgehead atoms. The molecule has 0 aliphatic rings. The molecule has 0 fully saturated rings. The van der Waals surface area contributed by atoms with Crippen LogP contribution in [0.3, 0.4) is 0 Å². The lowest BCUT2D eigenvalue weighted by Crippen LogP contribution is -2.37. The third kappa shape index (κ3) is 6.02. The molecule has 148 valence electrons. The van der Waals surface area contributed by atoms with Crippen molar-refractivity contribution >= 4 is 17.3 Å². The van der Waals surface area contributed by atoms with Gasteiger partial charge in [-0.2, -0.15) is 13.2 Å². The number of aliphatic imine (C=N–C) groups is 1. The molecule has 10 heteroatoms. The molecule has 0 saturated heterocycles. The van der Waals surface area contributed by atoms with Crippen LogP contribution in [-0.2, 0) is 19.1 Å². The van der Waals surface area contributed by atoms with Gasteiger partial charge in [0.15, 0.2) is 23.2 Å². The molecule has 0 radical (unpaired) electrons. The second-order valence-electron chi connectivity index (χ2n) is 5.42. The Morgan fingerprint density at radius 3 is 2.52 bits per heavy atom. The number of ether oxygens (including phenoxy) is 2. The molecule has 6 nitrogen and oxygen atoms in total. The average molecular weight is 402 g/mol. The first-order valence-electron chi connectivity index (χ1n) is 8.04. The molecule has 1 aromatic heterocycles. The fraction of sp³-hybridized carbons (Fsp3) is 0.412. The second-order valence-corrected chi connectivity index (χ2v) is 6.36.